The van der Waals surface area contributed by atoms with E-state index in [1.165, 1.54) is 11.1 Å². The zero-order chi connectivity index (χ0) is 16.8. The van der Waals surface area contributed by atoms with Crippen molar-refractivity contribution in [1.29, 1.82) is 0 Å². The smallest absolute Gasteiger partial charge is 0.225 e. The van der Waals surface area contributed by atoms with Gasteiger partial charge in [0, 0.05) is 37.2 Å². The van der Waals surface area contributed by atoms with Crippen molar-refractivity contribution in [3.63, 3.8) is 0 Å². The number of aromatic nitrogens is 3. The molecule has 2 N–H and O–H groups in total. The molecule has 2 heterocycles. The van der Waals surface area contributed by atoms with Crippen LogP contribution < -0.4 is 10.6 Å². The highest BCUT2D eigenvalue weighted by Crippen LogP contribution is 2.12. The Balaban J connectivity index is 1.65. The number of nitrogens with zero attached hydrogens (tertiary/aromatic N) is 3. The van der Waals surface area contributed by atoms with E-state index >= 15 is 0 Å². The van der Waals surface area contributed by atoms with E-state index in [0.29, 0.717) is 19.0 Å². The second kappa shape index (κ2) is 7.55. The lowest BCUT2D eigenvalue weighted by atomic mass is 10.1. The van der Waals surface area contributed by atoms with E-state index in [1.54, 1.807) is 6.20 Å². The number of rotatable bonds is 6. The van der Waals surface area contributed by atoms with Crippen LogP contribution in [-0.4, -0.2) is 15.0 Å². The lowest BCUT2D eigenvalue weighted by molar-refractivity contribution is 1.01. The van der Waals surface area contributed by atoms with Gasteiger partial charge in [0.05, 0.1) is 0 Å². The highest BCUT2D eigenvalue weighted by Gasteiger charge is 2.03. The van der Waals surface area contributed by atoms with Crippen LogP contribution in [0.2, 0.25) is 0 Å². The van der Waals surface area contributed by atoms with Gasteiger partial charge in [-0.1, -0.05) is 35.9 Å². The molecule has 122 valence electrons. The highest BCUT2D eigenvalue weighted by molar-refractivity contribution is 5.43. The van der Waals surface area contributed by atoms with E-state index in [1.807, 2.05) is 31.3 Å². The molecule has 0 unspecified atom stereocenters. The molecule has 5 nitrogen and oxygen atoms in total. The maximum atomic E-state index is 4.53. The minimum Gasteiger partial charge on any atom is -0.366 e. The van der Waals surface area contributed by atoms with Crippen molar-refractivity contribution < 1.29 is 0 Å². The van der Waals surface area contributed by atoms with E-state index in [4.69, 9.17) is 0 Å². The Hall–Kier alpha value is -2.95. The van der Waals surface area contributed by atoms with Crippen LogP contribution in [0.15, 0.2) is 54.9 Å². The van der Waals surface area contributed by atoms with Crippen LogP contribution in [0.4, 0.5) is 11.8 Å². The minimum atomic E-state index is 0.630. The molecule has 0 aliphatic rings. The molecule has 3 rings (SSSR count). The Morgan fingerprint density at radius 1 is 0.875 bits per heavy atom. The van der Waals surface area contributed by atoms with Crippen LogP contribution in [0.1, 0.15) is 22.4 Å². The van der Waals surface area contributed by atoms with Crippen LogP contribution in [-0.2, 0) is 13.1 Å². The number of benzene rings is 1. The predicted octanol–water partition coefficient (Wildman–Crippen LogP) is 3.71. The topological polar surface area (TPSA) is 62.7 Å². The van der Waals surface area contributed by atoms with E-state index < -0.39 is 0 Å². The van der Waals surface area contributed by atoms with Gasteiger partial charge in [0.15, 0.2) is 0 Å². The van der Waals surface area contributed by atoms with E-state index in [9.17, 15) is 0 Å². The molecule has 0 fully saturated rings. The second-order valence-electron chi connectivity index (χ2n) is 5.78. The van der Waals surface area contributed by atoms with Gasteiger partial charge < -0.3 is 10.6 Å². The lowest BCUT2D eigenvalue weighted by Crippen LogP contribution is -2.08. The summed E-state index contributed by atoms with van der Waals surface area (Å²) < 4.78 is 0. The largest absolute Gasteiger partial charge is 0.366 e. The fourth-order valence-electron chi connectivity index (χ4n) is 2.44. The molecule has 5 heteroatoms. The quantitative estimate of drug-likeness (QED) is 0.725. The summed E-state index contributed by atoms with van der Waals surface area (Å²) in [6.45, 7) is 5.44. The average Bonchev–Trinajstić information content (AvgIpc) is 2.59. The van der Waals surface area contributed by atoms with Gasteiger partial charge in [0.2, 0.25) is 5.95 Å². The summed E-state index contributed by atoms with van der Waals surface area (Å²) in [6.07, 6.45) is 3.61. The maximum absolute atomic E-state index is 4.53. The molecule has 0 aliphatic carbocycles. The molecular weight excluding hydrogens is 298 g/mol. The van der Waals surface area contributed by atoms with Gasteiger partial charge in [0.1, 0.15) is 5.82 Å². The molecule has 0 spiro atoms. The summed E-state index contributed by atoms with van der Waals surface area (Å²) in [4.78, 5) is 13.1. The molecule has 0 atom stereocenters. The first-order chi connectivity index (χ1) is 11.7. The summed E-state index contributed by atoms with van der Waals surface area (Å²) in [5.74, 6) is 1.43. The lowest BCUT2D eigenvalue weighted by Gasteiger charge is -2.10. The predicted molar refractivity (Wildman–Crippen MR) is 96.8 cm³/mol. The molecule has 24 heavy (non-hydrogen) atoms. The van der Waals surface area contributed by atoms with Crippen molar-refractivity contribution in [3.8, 4) is 0 Å². The Bertz CT molecular complexity index is 802. The van der Waals surface area contributed by atoms with Gasteiger partial charge in [-0.15, -0.1) is 0 Å². The zero-order valence-corrected chi connectivity index (χ0v) is 14.0. The first-order valence-corrected chi connectivity index (χ1v) is 7.97. The number of hydrogen-bond donors (Lipinski definition) is 2. The minimum absolute atomic E-state index is 0.630. The fourth-order valence-corrected chi connectivity index (χ4v) is 2.44. The third-order valence-corrected chi connectivity index (χ3v) is 3.58. The summed E-state index contributed by atoms with van der Waals surface area (Å²) >= 11 is 0. The van der Waals surface area contributed by atoms with Gasteiger partial charge in [-0.3, -0.25) is 4.98 Å². The number of pyridine rings is 1. The molecule has 2 aromatic heterocycles. The van der Waals surface area contributed by atoms with Crippen molar-refractivity contribution in [1.82, 2.24) is 15.0 Å². The van der Waals surface area contributed by atoms with Gasteiger partial charge in [-0.25, -0.2) is 4.98 Å². The molecule has 0 saturated heterocycles. The first-order valence-electron chi connectivity index (χ1n) is 7.97. The molecule has 1 aromatic carbocycles. The molecule has 0 saturated carbocycles. The standard InChI is InChI=1S/C19H21N5/c1-14-5-3-6-16(9-14)12-22-19-23-15(2)10-18(24-19)21-13-17-7-4-8-20-11-17/h3-11H,12-13H2,1-2H3,(H2,21,22,23,24). The van der Waals surface area contributed by atoms with Crippen molar-refractivity contribution in [3.05, 3.63) is 77.2 Å². The van der Waals surface area contributed by atoms with Crippen LogP contribution >= 0.6 is 0 Å². The van der Waals surface area contributed by atoms with Crippen LogP contribution in [0, 0.1) is 13.8 Å². The number of nitrogens with one attached hydrogen (secondary N) is 2. The van der Waals surface area contributed by atoms with E-state index in [-0.39, 0.29) is 0 Å². The van der Waals surface area contributed by atoms with Gasteiger partial charge in [0.25, 0.3) is 0 Å². The second-order valence-corrected chi connectivity index (χ2v) is 5.78. The summed E-state index contributed by atoms with van der Waals surface area (Å²) in [7, 11) is 0. The summed E-state index contributed by atoms with van der Waals surface area (Å²) in [5.41, 5.74) is 4.50. The zero-order valence-electron chi connectivity index (χ0n) is 14.0. The van der Waals surface area contributed by atoms with Crippen molar-refractivity contribution in [2.75, 3.05) is 10.6 Å². The third-order valence-electron chi connectivity index (χ3n) is 3.58. The monoisotopic (exact) mass is 319 g/mol. The molecule has 0 radical (unpaired) electrons. The Morgan fingerprint density at radius 2 is 1.71 bits per heavy atom. The van der Waals surface area contributed by atoms with E-state index in [0.717, 1.165) is 17.1 Å². The number of aryl methyl sites for hydroxylation is 2. The summed E-state index contributed by atoms with van der Waals surface area (Å²) in [5, 5.41) is 6.61. The Morgan fingerprint density at radius 3 is 2.50 bits per heavy atom. The molecule has 0 bridgehead atoms. The molecule has 0 aliphatic heterocycles. The van der Waals surface area contributed by atoms with Crippen molar-refractivity contribution in [2.45, 2.75) is 26.9 Å². The van der Waals surface area contributed by atoms with Crippen LogP contribution in [0.3, 0.4) is 0 Å². The highest BCUT2D eigenvalue weighted by atomic mass is 15.1. The molecule has 3 aromatic rings. The Kier molecular flexibility index (Phi) is 5.01. The van der Waals surface area contributed by atoms with E-state index in [2.05, 4.69) is 56.8 Å². The van der Waals surface area contributed by atoms with Gasteiger partial charge in [-0.2, -0.15) is 4.98 Å². The number of hydrogen-bond acceptors (Lipinski definition) is 5. The third kappa shape index (κ3) is 4.52. The molecule has 0 amide bonds. The Labute approximate surface area is 142 Å². The summed E-state index contributed by atoms with van der Waals surface area (Å²) in [6, 6.07) is 14.3. The first kappa shape index (κ1) is 15.9. The van der Waals surface area contributed by atoms with Crippen LogP contribution in [0.5, 0.6) is 0 Å². The SMILES string of the molecule is Cc1cccc(CNc2nc(C)cc(NCc3cccnc3)n2)c1. The normalized spacial score (nSPS) is 10.4. The van der Waals surface area contributed by atoms with Crippen LogP contribution in [0.25, 0.3) is 0 Å². The average molecular weight is 319 g/mol. The fraction of sp³-hybridized carbons (Fsp3) is 0.211. The van der Waals surface area contributed by atoms with Gasteiger partial charge in [-0.05, 0) is 31.0 Å². The molecular formula is C19H21N5. The van der Waals surface area contributed by atoms with Crippen molar-refractivity contribution in [2.24, 2.45) is 0 Å². The van der Waals surface area contributed by atoms with Crippen molar-refractivity contribution >= 4 is 11.8 Å². The maximum Gasteiger partial charge on any atom is 0.225 e. The van der Waals surface area contributed by atoms with Gasteiger partial charge >= 0.3 is 0 Å². The number of anilines is 2.